The van der Waals surface area contributed by atoms with Crippen LogP contribution in [-0.4, -0.2) is 0 Å². The molecule has 82 valence electrons. The summed E-state index contributed by atoms with van der Waals surface area (Å²) in [5.41, 5.74) is 2.55. The molecule has 0 unspecified atom stereocenters. The van der Waals surface area contributed by atoms with Crippen molar-refractivity contribution in [3.05, 3.63) is 42.1 Å². The first-order chi connectivity index (χ1) is 6.40. The van der Waals surface area contributed by atoms with Gasteiger partial charge in [-0.3, -0.25) is 0 Å². The number of aromatic nitrogens is 1. The molecule has 0 bridgehead atoms. The third kappa shape index (κ3) is 3.47. The summed E-state index contributed by atoms with van der Waals surface area (Å²) in [6, 6.07) is 12.7. The van der Waals surface area contributed by atoms with Crippen LogP contribution < -0.4 is 34.4 Å². The Kier molecular flexibility index (Phi) is 6.53. The third-order valence-electron chi connectivity index (χ3n) is 2.24. The molecule has 0 radical (unpaired) electrons. The molecule has 0 aliphatic rings. The zero-order valence-electron chi connectivity index (χ0n) is 8.63. The number of para-hydroxylation sites is 1. The number of H-pyrrole nitrogens is 1. The fourth-order valence-electron chi connectivity index (χ4n) is 1.58. The van der Waals surface area contributed by atoms with Crippen LogP contribution in [0.15, 0.2) is 36.4 Å². The minimum atomic E-state index is 0. The van der Waals surface area contributed by atoms with Gasteiger partial charge in [-0.05, 0) is 18.6 Å². The highest BCUT2D eigenvalue weighted by molar-refractivity contribution is 5.74. The summed E-state index contributed by atoms with van der Waals surface area (Å²) in [5, 5.41) is 1.28. The van der Waals surface area contributed by atoms with Gasteiger partial charge in [0.15, 0.2) is 5.69 Å². The van der Waals surface area contributed by atoms with E-state index in [9.17, 15) is 0 Å². The van der Waals surface area contributed by atoms with Gasteiger partial charge in [0.25, 0.3) is 0 Å². The van der Waals surface area contributed by atoms with Crippen LogP contribution in [0.2, 0.25) is 0 Å². The van der Waals surface area contributed by atoms with E-state index in [2.05, 4.69) is 48.3 Å². The number of rotatable bonds is 2. The van der Waals surface area contributed by atoms with E-state index in [4.69, 9.17) is 0 Å². The maximum absolute atomic E-state index is 3.43. The van der Waals surface area contributed by atoms with Crippen molar-refractivity contribution in [1.82, 2.24) is 0 Å². The SMILES string of the molecule is CCCc1ccc2ccccc2[nH+]1.[Br-].[Cl-]. The maximum Gasteiger partial charge on any atom is 0.210 e. The van der Waals surface area contributed by atoms with E-state index in [0.717, 1.165) is 6.42 Å². The number of benzene rings is 1. The van der Waals surface area contributed by atoms with Crippen molar-refractivity contribution in [3.8, 4) is 0 Å². The molecular formula is C12H14BrClN-. The molecule has 1 aromatic carbocycles. The van der Waals surface area contributed by atoms with Crippen molar-refractivity contribution in [2.24, 2.45) is 0 Å². The first kappa shape index (κ1) is 14.4. The summed E-state index contributed by atoms with van der Waals surface area (Å²) in [6.07, 6.45) is 2.32. The lowest BCUT2D eigenvalue weighted by Crippen LogP contribution is -3.00. The van der Waals surface area contributed by atoms with Gasteiger partial charge in [-0.2, -0.15) is 0 Å². The summed E-state index contributed by atoms with van der Waals surface area (Å²) in [5.74, 6) is 0. The molecule has 3 heteroatoms. The van der Waals surface area contributed by atoms with Crippen LogP contribution in [0.4, 0.5) is 0 Å². The Hall–Kier alpha value is -0.600. The van der Waals surface area contributed by atoms with Crippen molar-refractivity contribution in [2.45, 2.75) is 19.8 Å². The molecule has 0 aliphatic carbocycles. The van der Waals surface area contributed by atoms with Gasteiger partial charge in [0, 0.05) is 23.9 Å². The average Bonchev–Trinajstić information content (AvgIpc) is 2.18. The minimum Gasteiger partial charge on any atom is -1.00 e. The molecule has 0 saturated heterocycles. The lowest BCUT2D eigenvalue weighted by Gasteiger charge is -1.93. The molecule has 15 heavy (non-hydrogen) atoms. The quantitative estimate of drug-likeness (QED) is 0.547. The number of fused-ring (bicyclic) bond motifs is 1. The fourth-order valence-corrected chi connectivity index (χ4v) is 1.58. The molecule has 1 aromatic heterocycles. The molecule has 0 amide bonds. The summed E-state index contributed by atoms with van der Waals surface area (Å²) in [7, 11) is 0. The Morgan fingerprint density at radius 1 is 1.07 bits per heavy atom. The second kappa shape index (κ2) is 6.81. The molecule has 2 aromatic rings. The zero-order chi connectivity index (χ0) is 9.10. The Morgan fingerprint density at radius 2 is 1.80 bits per heavy atom. The molecule has 2 rings (SSSR count). The second-order valence-electron chi connectivity index (χ2n) is 3.32. The fraction of sp³-hybridized carbons (Fsp3) is 0.250. The molecule has 0 saturated carbocycles. The molecule has 0 spiro atoms. The van der Waals surface area contributed by atoms with E-state index in [0.29, 0.717) is 0 Å². The predicted molar refractivity (Wildman–Crippen MR) is 54.5 cm³/mol. The summed E-state index contributed by atoms with van der Waals surface area (Å²) < 4.78 is 0. The monoisotopic (exact) mass is 286 g/mol. The summed E-state index contributed by atoms with van der Waals surface area (Å²) in [4.78, 5) is 3.43. The van der Waals surface area contributed by atoms with Crippen LogP contribution in [0.25, 0.3) is 10.9 Å². The largest absolute Gasteiger partial charge is 1.00 e. The van der Waals surface area contributed by atoms with Gasteiger partial charge in [-0.25, -0.2) is 4.98 Å². The highest BCUT2D eigenvalue weighted by Gasteiger charge is 2.02. The van der Waals surface area contributed by atoms with Crippen LogP contribution in [0.3, 0.4) is 0 Å². The standard InChI is InChI=1S/C12H13N.BrH.ClH/c1-2-5-11-9-8-10-6-3-4-7-12(10)13-11;;/h3-4,6-9H,2,5H2,1H3;2*1H/p-1. The number of halogens is 2. The van der Waals surface area contributed by atoms with Gasteiger partial charge >= 0.3 is 0 Å². The number of hydrogen-bond donors (Lipinski definition) is 0. The predicted octanol–water partition coefficient (Wildman–Crippen LogP) is -3.39. The van der Waals surface area contributed by atoms with E-state index >= 15 is 0 Å². The topological polar surface area (TPSA) is 14.1 Å². The average molecular weight is 288 g/mol. The van der Waals surface area contributed by atoms with Gasteiger partial charge < -0.3 is 29.4 Å². The van der Waals surface area contributed by atoms with Gasteiger partial charge in [0.2, 0.25) is 5.52 Å². The van der Waals surface area contributed by atoms with Crippen LogP contribution in [0.1, 0.15) is 19.0 Å². The molecule has 1 nitrogen and oxygen atoms in total. The van der Waals surface area contributed by atoms with E-state index in [1.165, 1.54) is 23.0 Å². The van der Waals surface area contributed by atoms with E-state index in [-0.39, 0.29) is 29.4 Å². The Balaban J connectivity index is 0.000000980. The van der Waals surface area contributed by atoms with Crippen molar-refractivity contribution in [1.29, 1.82) is 0 Å². The maximum atomic E-state index is 3.43. The van der Waals surface area contributed by atoms with Crippen molar-refractivity contribution < 1.29 is 34.4 Å². The van der Waals surface area contributed by atoms with Crippen molar-refractivity contribution >= 4 is 10.9 Å². The molecule has 0 atom stereocenters. The highest BCUT2D eigenvalue weighted by Crippen LogP contribution is 2.08. The normalized spacial score (nSPS) is 9.13. The van der Waals surface area contributed by atoms with E-state index < -0.39 is 0 Å². The summed E-state index contributed by atoms with van der Waals surface area (Å²) in [6.45, 7) is 2.20. The van der Waals surface area contributed by atoms with Crippen LogP contribution in [-0.2, 0) is 6.42 Å². The minimum absolute atomic E-state index is 0. The Labute approximate surface area is 107 Å². The summed E-state index contributed by atoms with van der Waals surface area (Å²) >= 11 is 0. The van der Waals surface area contributed by atoms with Gasteiger partial charge in [0.05, 0.1) is 0 Å². The zero-order valence-corrected chi connectivity index (χ0v) is 11.0. The van der Waals surface area contributed by atoms with Gasteiger partial charge in [0.1, 0.15) is 0 Å². The molecule has 1 heterocycles. The van der Waals surface area contributed by atoms with Crippen LogP contribution >= 0.6 is 0 Å². The smallest absolute Gasteiger partial charge is 0.210 e. The molecule has 0 fully saturated rings. The van der Waals surface area contributed by atoms with E-state index in [1.54, 1.807) is 0 Å². The number of pyridine rings is 1. The molecule has 1 N–H and O–H groups in total. The Morgan fingerprint density at radius 3 is 2.53 bits per heavy atom. The lowest BCUT2D eigenvalue weighted by molar-refractivity contribution is -0.357. The van der Waals surface area contributed by atoms with Gasteiger partial charge in [-0.1, -0.05) is 19.1 Å². The third-order valence-corrected chi connectivity index (χ3v) is 2.24. The number of aryl methyl sites for hydroxylation is 1. The Bertz CT molecular complexity index is 417. The van der Waals surface area contributed by atoms with Crippen molar-refractivity contribution in [2.75, 3.05) is 0 Å². The number of aromatic amines is 1. The number of hydrogen-bond acceptors (Lipinski definition) is 0. The molecular weight excluding hydrogens is 273 g/mol. The highest BCUT2D eigenvalue weighted by atomic mass is 79.9. The van der Waals surface area contributed by atoms with Gasteiger partial charge in [-0.15, -0.1) is 0 Å². The number of nitrogens with one attached hydrogen (secondary N) is 1. The van der Waals surface area contributed by atoms with Crippen molar-refractivity contribution in [3.63, 3.8) is 0 Å². The van der Waals surface area contributed by atoms with Crippen LogP contribution in [0.5, 0.6) is 0 Å². The molecule has 0 aliphatic heterocycles. The van der Waals surface area contributed by atoms with Crippen LogP contribution in [0, 0.1) is 0 Å². The first-order valence-corrected chi connectivity index (χ1v) is 4.80. The second-order valence-corrected chi connectivity index (χ2v) is 3.32. The first-order valence-electron chi connectivity index (χ1n) is 4.80. The lowest BCUT2D eigenvalue weighted by atomic mass is 10.1. The van der Waals surface area contributed by atoms with E-state index in [1.807, 2.05) is 0 Å².